The molecule has 196 valence electrons. The molecule has 0 spiro atoms. The first-order valence-electron chi connectivity index (χ1n) is 12.6. The van der Waals surface area contributed by atoms with Gasteiger partial charge in [0.15, 0.2) is 10.9 Å². The van der Waals surface area contributed by atoms with E-state index in [0.29, 0.717) is 23.9 Å². The maximum atomic E-state index is 12.6. The molecule has 0 unspecified atom stereocenters. The summed E-state index contributed by atoms with van der Waals surface area (Å²) in [5.74, 6) is 0.0910. The van der Waals surface area contributed by atoms with E-state index in [4.69, 9.17) is 23.8 Å². The number of rotatable bonds is 6. The quantitative estimate of drug-likeness (QED) is 0.273. The number of carbonyl (C=O) groups excluding carboxylic acids is 2. The summed E-state index contributed by atoms with van der Waals surface area (Å²) in [5.41, 5.74) is 10.0. The van der Waals surface area contributed by atoms with Gasteiger partial charge in [0.1, 0.15) is 6.04 Å². The van der Waals surface area contributed by atoms with E-state index >= 15 is 0 Å². The number of hydrazine groups is 1. The first-order chi connectivity index (χ1) is 18.4. The minimum atomic E-state index is -0.529. The summed E-state index contributed by atoms with van der Waals surface area (Å²) in [6, 6.07) is 19.9. The molecule has 3 atom stereocenters. The van der Waals surface area contributed by atoms with Crippen LogP contribution in [-0.2, 0) is 11.2 Å². The van der Waals surface area contributed by atoms with Crippen LogP contribution in [0.25, 0.3) is 0 Å². The van der Waals surface area contributed by atoms with E-state index in [1.165, 1.54) is 29.0 Å². The molecule has 1 aliphatic heterocycles. The van der Waals surface area contributed by atoms with Gasteiger partial charge >= 0.3 is 0 Å². The monoisotopic (exact) mass is 548 g/mol. The van der Waals surface area contributed by atoms with Gasteiger partial charge in [-0.25, -0.2) is 4.98 Å². The van der Waals surface area contributed by atoms with Crippen LogP contribution < -0.4 is 21.5 Å². The number of anilines is 1. The summed E-state index contributed by atoms with van der Waals surface area (Å²) in [7, 11) is 1.72. The van der Waals surface area contributed by atoms with Crippen LogP contribution >= 0.6 is 23.8 Å². The molecule has 0 saturated carbocycles. The van der Waals surface area contributed by atoms with Gasteiger partial charge in [0, 0.05) is 25.7 Å². The average Bonchev–Trinajstić information content (AvgIpc) is 3.25. The lowest BCUT2D eigenvalue weighted by atomic mass is 9.76. The van der Waals surface area contributed by atoms with Crippen LogP contribution in [0, 0.1) is 0 Å². The number of aryl methyl sites for hydroxylation is 1. The molecule has 3 aromatic rings. The van der Waals surface area contributed by atoms with Gasteiger partial charge in [-0.05, 0) is 54.2 Å². The Bertz CT molecular complexity index is 1350. The van der Waals surface area contributed by atoms with Crippen LogP contribution in [0.1, 0.15) is 51.8 Å². The number of pyridine rings is 1. The number of halogens is 1. The minimum Gasteiger partial charge on any atom is -0.354 e. The van der Waals surface area contributed by atoms with Crippen molar-refractivity contribution in [3.63, 3.8) is 0 Å². The third-order valence-corrected chi connectivity index (χ3v) is 7.67. The normalized spacial score (nSPS) is 20.4. The Kier molecular flexibility index (Phi) is 7.76. The lowest BCUT2D eigenvalue weighted by Gasteiger charge is -2.35. The second-order valence-electron chi connectivity index (χ2n) is 9.58. The van der Waals surface area contributed by atoms with Crippen molar-refractivity contribution >= 4 is 46.6 Å². The Morgan fingerprint density at radius 3 is 2.58 bits per heavy atom. The summed E-state index contributed by atoms with van der Waals surface area (Å²) in [4.78, 5) is 30.6. The van der Waals surface area contributed by atoms with Crippen molar-refractivity contribution in [1.29, 1.82) is 0 Å². The number of fused-ring (bicyclic) bond motifs is 1. The summed E-state index contributed by atoms with van der Waals surface area (Å²) < 4.78 is 0. The number of nitrogens with zero attached hydrogens (tertiary/aromatic N) is 2. The Balaban J connectivity index is 1.23. The van der Waals surface area contributed by atoms with E-state index in [9.17, 15) is 9.59 Å². The van der Waals surface area contributed by atoms with Gasteiger partial charge in [-0.1, -0.05) is 66.2 Å². The van der Waals surface area contributed by atoms with Crippen LogP contribution in [0.3, 0.4) is 0 Å². The Labute approximate surface area is 232 Å². The molecule has 10 heteroatoms. The van der Waals surface area contributed by atoms with E-state index in [1.807, 2.05) is 6.07 Å². The van der Waals surface area contributed by atoms with Crippen LogP contribution in [0.2, 0.25) is 5.02 Å². The number of likely N-dealkylation sites (tertiary alicyclic amines) is 1. The highest BCUT2D eigenvalue weighted by Gasteiger charge is 2.32. The third kappa shape index (κ3) is 5.58. The number of aromatic nitrogens is 1. The van der Waals surface area contributed by atoms with Crippen molar-refractivity contribution in [1.82, 2.24) is 25.9 Å². The van der Waals surface area contributed by atoms with Gasteiger partial charge in [0.2, 0.25) is 5.91 Å². The van der Waals surface area contributed by atoms with Crippen LogP contribution in [-0.4, -0.2) is 46.4 Å². The zero-order valence-electron chi connectivity index (χ0n) is 20.9. The van der Waals surface area contributed by atoms with Crippen molar-refractivity contribution in [2.75, 3.05) is 19.0 Å². The molecule has 2 heterocycles. The fraction of sp³-hybridized carbons (Fsp3) is 0.286. The molecule has 2 aromatic carbocycles. The van der Waals surface area contributed by atoms with Gasteiger partial charge in [-0.3, -0.25) is 20.4 Å². The van der Waals surface area contributed by atoms with Crippen molar-refractivity contribution in [3.8, 4) is 0 Å². The molecule has 1 saturated heterocycles. The Morgan fingerprint density at radius 2 is 1.84 bits per heavy atom. The summed E-state index contributed by atoms with van der Waals surface area (Å²) in [5, 5.41) is 6.87. The van der Waals surface area contributed by atoms with Crippen LogP contribution in [0.4, 0.5) is 5.82 Å². The number of nitrogens with one attached hydrogen (secondary N) is 4. The standard InChI is InChI=1S/C28H29ClN6O2S/c1-35-14-13-23(27(35)37)31-26(36)19-15-22(29)25(30-16-19)33-34-28(38)32-24-20-10-6-5-9-18(20)11-12-21(24)17-7-3-2-4-8-17/h2-10,15-16,21,23-24H,11-14H2,1H3,(H,30,33)(H,31,36)(H2,32,34,38)/t21-,23-,24+/m1/s1. The van der Waals surface area contributed by atoms with E-state index < -0.39 is 11.9 Å². The van der Waals surface area contributed by atoms with Crippen LogP contribution in [0.5, 0.6) is 0 Å². The van der Waals surface area contributed by atoms with E-state index in [0.717, 1.165) is 12.8 Å². The van der Waals surface area contributed by atoms with E-state index in [2.05, 4.69) is 75.0 Å². The van der Waals surface area contributed by atoms with Crippen molar-refractivity contribution in [2.24, 2.45) is 0 Å². The minimum absolute atomic E-state index is 0.00371. The molecule has 5 rings (SSSR count). The predicted molar refractivity (Wildman–Crippen MR) is 152 cm³/mol. The van der Waals surface area contributed by atoms with E-state index in [1.54, 1.807) is 11.9 Å². The highest BCUT2D eigenvalue weighted by Crippen LogP contribution is 2.40. The Morgan fingerprint density at radius 1 is 1.08 bits per heavy atom. The molecule has 1 fully saturated rings. The van der Waals surface area contributed by atoms with Gasteiger partial charge < -0.3 is 15.5 Å². The fourth-order valence-corrected chi connectivity index (χ4v) is 5.53. The molecule has 0 bridgehead atoms. The highest BCUT2D eigenvalue weighted by molar-refractivity contribution is 7.80. The SMILES string of the molecule is CN1CC[C@@H](NC(=O)c2cnc(NNC(=S)N[C@H]3c4ccccc4CC[C@@H]3c3ccccc3)c(Cl)c2)C1=O. The molecular formula is C28H29ClN6O2S. The molecule has 2 amide bonds. The number of benzene rings is 2. The lowest BCUT2D eigenvalue weighted by Crippen LogP contribution is -2.43. The van der Waals surface area contributed by atoms with Crippen molar-refractivity contribution < 1.29 is 9.59 Å². The number of carbonyl (C=O) groups is 2. The number of hydrogen-bond acceptors (Lipinski definition) is 5. The van der Waals surface area contributed by atoms with Crippen molar-refractivity contribution in [3.05, 3.63) is 94.1 Å². The number of likely N-dealkylation sites (N-methyl/N-ethyl adjacent to an activating group) is 1. The zero-order valence-corrected chi connectivity index (χ0v) is 22.5. The fourth-order valence-electron chi connectivity index (χ4n) is 5.14. The predicted octanol–water partition coefficient (Wildman–Crippen LogP) is 3.96. The third-order valence-electron chi connectivity index (χ3n) is 7.16. The maximum absolute atomic E-state index is 12.6. The average molecular weight is 549 g/mol. The zero-order chi connectivity index (χ0) is 26.6. The summed E-state index contributed by atoms with van der Waals surface area (Å²) >= 11 is 12.0. The summed E-state index contributed by atoms with van der Waals surface area (Å²) in [6.07, 6.45) is 4.01. The maximum Gasteiger partial charge on any atom is 0.253 e. The van der Waals surface area contributed by atoms with Gasteiger partial charge in [-0.2, -0.15) is 0 Å². The molecule has 1 aromatic heterocycles. The first-order valence-corrected chi connectivity index (χ1v) is 13.4. The largest absolute Gasteiger partial charge is 0.354 e. The number of thiocarbonyl (C=S) groups is 1. The van der Waals surface area contributed by atoms with Gasteiger partial charge in [-0.15, -0.1) is 0 Å². The molecule has 4 N–H and O–H groups in total. The lowest BCUT2D eigenvalue weighted by molar-refractivity contribution is -0.128. The smallest absolute Gasteiger partial charge is 0.253 e. The van der Waals surface area contributed by atoms with Crippen LogP contribution in [0.15, 0.2) is 66.9 Å². The Hall–Kier alpha value is -3.69. The molecule has 2 aliphatic rings. The van der Waals surface area contributed by atoms with Gasteiger partial charge in [0.05, 0.1) is 16.6 Å². The molecule has 1 aliphatic carbocycles. The second kappa shape index (κ2) is 11.4. The molecular weight excluding hydrogens is 520 g/mol. The summed E-state index contributed by atoms with van der Waals surface area (Å²) in [6.45, 7) is 0.615. The molecule has 0 radical (unpaired) electrons. The van der Waals surface area contributed by atoms with Crippen molar-refractivity contribution in [2.45, 2.75) is 37.3 Å². The topological polar surface area (TPSA) is 98.4 Å². The number of hydrogen-bond donors (Lipinski definition) is 4. The molecule has 8 nitrogen and oxygen atoms in total. The van der Waals surface area contributed by atoms with Gasteiger partial charge in [0.25, 0.3) is 5.91 Å². The molecule has 38 heavy (non-hydrogen) atoms. The second-order valence-corrected chi connectivity index (χ2v) is 10.4. The first kappa shape index (κ1) is 25.9. The number of amides is 2. The van der Waals surface area contributed by atoms with E-state index in [-0.39, 0.29) is 28.5 Å². The highest BCUT2D eigenvalue weighted by atomic mass is 35.5.